The highest BCUT2D eigenvalue weighted by atomic mass is 32.1. The minimum atomic E-state index is -0.122. The zero-order chi connectivity index (χ0) is 15.9. The van der Waals surface area contributed by atoms with Crippen LogP contribution in [0.25, 0.3) is 0 Å². The summed E-state index contributed by atoms with van der Waals surface area (Å²) in [6.45, 7) is 10.6. The summed E-state index contributed by atoms with van der Waals surface area (Å²) in [5.41, 5.74) is 1.15. The van der Waals surface area contributed by atoms with Gasteiger partial charge in [-0.15, -0.1) is 11.3 Å². The summed E-state index contributed by atoms with van der Waals surface area (Å²) in [4.78, 5) is 18.9. The summed E-state index contributed by atoms with van der Waals surface area (Å²) in [5, 5.41) is 3.12. The summed E-state index contributed by atoms with van der Waals surface area (Å²) in [6, 6.07) is -0.122. The van der Waals surface area contributed by atoms with Gasteiger partial charge in [-0.3, -0.25) is 9.69 Å². The molecule has 3 atom stereocenters. The minimum Gasteiger partial charge on any atom is -0.461 e. The summed E-state index contributed by atoms with van der Waals surface area (Å²) in [5.74, 6) is -0.0948. The molecule has 0 N–H and O–H groups in total. The third-order valence-electron chi connectivity index (χ3n) is 4.25. The molecular weight excluding hydrogens is 300 g/mol. The molecule has 0 unspecified atom stereocenters. The molecule has 0 saturated carbocycles. The number of carbonyl (C=O) groups is 1. The van der Waals surface area contributed by atoms with E-state index in [0.29, 0.717) is 13.2 Å². The number of hydrogen-bond donors (Lipinski definition) is 0. The van der Waals surface area contributed by atoms with E-state index >= 15 is 0 Å². The van der Waals surface area contributed by atoms with Crippen molar-refractivity contribution in [2.24, 2.45) is 0 Å². The number of thiazole rings is 1. The lowest BCUT2D eigenvalue weighted by Crippen LogP contribution is -2.46. The maximum absolute atomic E-state index is 11.9. The molecule has 22 heavy (non-hydrogen) atoms. The largest absolute Gasteiger partial charge is 0.461 e. The van der Waals surface area contributed by atoms with Crippen molar-refractivity contribution >= 4 is 17.3 Å². The average molecular weight is 324 g/mol. The van der Waals surface area contributed by atoms with Crippen molar-refractivity contribution in [1.82, 2.24) is 9.88 Å². The summed E-state index contributed by atoms with van der Waals surface area (Å²) < 4.78 is 11.2. The zero-order valence-electron chi connectivity index (χ0n) is 13.7. The van der Waals surface area contributed by atoms with E-state index in [1.165, 1.54) is 0 Å². The molecule has 2 saturated heterocycles. The Kier molecular flexibility index (Phi) is 4.27. The molecule has 0 spiro atoms. The molecule has 3 heterocycles. The Morgan fingerprint density at radius 1 is 1.41 bits per heavy atom. The van der Waals surface area contributed by atoms with Gasteiger partial charge in [0, 0.05) is 30.3 Å². The Morgan fingerprint density at radius 2 is 2.18 bits per heavy atom. The first-order chi connectivity index (χ1) is 10.3. The number of rotatable bonds is 2. The number of carbonyl (C=O) groups excluding carboxylic acids is 1. The third-order valence-corrected chi connectivity index (χ3v) is 5.19. The molecule has 1 aromatic heterocycles. The van der Waals surface area contributed by atoms with Gasteiger partial charge in [-0.05, 0) is 6.92 Å². The van der Waals surface area contributed by atoms with Crippen molar-refractivity contribution < 1.29 is 14.3 Å². The summed E-state index contributed by atoms with van der Waals surface area (Å²) in [7, 11) is 0. The highest BCUT2D eigenvalue weighted by Crippen LogP contribution is 2.32. The molecule has 0 aliphatic carbocycles. The van der Waals surface area contributed by atoms with Crippen LogP contribution >= 0.6 is 11.3 Å². The molecule has 122 valence electrons. The molecule has 0 amide bonds. The van der Waals surface area contributed by atoms with Crippen molar-refractivity contribution in [2.45, 2.75) is 57.8 Å². The zero-order valence-corrected chi connectivity index (χ0v) is 14.5. The lowest BCUT2D eigenvalue weighted by molar-refractivity contribution is -0.147. The minimum absolute atomic E-state index is 0.0196. The van der Waals surface area contributed by atoms with Crippen LogP contribution in [0.1, 0.15) is 50.9 Å². The number of nitrogens with zero attached hydrogens (tertiary/aromatic N) is 2. The van der Waals surface area contributed by atoms with Crippen molar-refractivity contribution in [2.75, 3.05) is 19.7 Å². The lowest BCUT2D eigenvalue weighted by atomic mass is 9.93. The van der Waals surface area contributed by atoms with Gasteiger partial charge in [-0.2, -0.15) is 0 Å². The SMILES string of the molecule is C[C@@H]1C[C@@H](N2CCO[C@H](c3nc(C(C)(C)C)cs3)C2)C(=O)O1. The van der Waals surface area contributed by atoms with Gasteiger partial charge in [0.25, 0.3) is 0 Å². The predicted octanol–water partition coefficient (Wildman–Crippen LogP) is 2.52. The van der Waals surface area contributed by atoms with E-state index < -0.39 is 0 Å². The average Bonchev–Trinajstić information content (AvgIpc) is 3.05. The fourth-order valence-electron chi connectivity index (χ4n) is 2.92. The van der Waals surface area contributed by atoms with E-state index in [-0.39, 0.29) is 29.6 Å². The van der Waals surface area contributed by atoms with Gasteiger partial charge < -0.3 is 9.47 Å². The molecule has 0 aromatic carbocycles. The number of morpholine rings is 1. The first-order valence-corrected chi connectivity index (χ1v) is 8.74. The number of hydrogen-bond acceptors (Lipinski definition) is 6. The number of esters is 1. The first kappa shape index (κ1) is 15.9. The number of aromatic nitrogens is 1. The van der Waals surface area contributed by atoms with E-state index in [9.17, 15) is 4.79 Å². The van der Waals surface area contributed by atoms with Crippen LogP contribution in [-0.4, -0.2) is 47.7 Å². The Morgan fingerprint density at radius 3 is 2.77 bits per heavy atom. The molecular formula is C16H24N2O3S. The Labute approximate surface area is 135 Å². The van der Waals surface area contributed by atoms with Crippen LogP contribution in [0, 0.1) is 0 Å². The fourth-order valence-corrected chi connectivity index (χ4v) is 4.00. The molecule has 0 bridgehead atoms. The topological polar surface area (TPSA) is 51.7 Å². The second-order valence-corrected chi connectivity index (χ2v) is 8.06. The van der Waals surface area contributed by atoms with E-state index in [0.717, 1.165) is 23.7 Å². The van der Waals surface area contributed by atoms with Gasteiger partial charge in [-0.25, -0.2) is 4.98 Å². The maximum atomic E-state index is 11.9. The van der Waals surface area contributed by atoms with Gasteiger partial charge in [-0.1, -0.05) is 20.8 Å². The number of cyclic esters (lactones) is 1. The van der Waals surface area contributed by atoms with Crippen LogP contribution in [0.4, 0.5) is 0 Å². The second kappa shape index (κ2) is 5.91. The van der Waals surface area contributed by atoms with Crippen LogP contribution in [0.15, 0.2) is 5.38 Å². The quantitative estimate of drug-likeness (QED) is 0.783. The van der Waals surface area contributed by atoms with Crippen molar-refractivity contribution in [3.05, 3.63) is 16.1 Å². The van der Waals surface area contributed by atoms with Gasteiger partial charge in [0.15, 0.2) is 0 Å². The molecule has 1 aromatic rings. The second-order valence-electron chi connectivity index (χ2n) is 7.17. The fraction of sp³-hybridized carbons (Fsp3) is 0.750. The smallest absolute Gasteiger partial charge is 0.323 e. The van der Waals surface area contributed by atoms with Gasteiger partial charge in [0.1, 0.15) is 23.3 Å². The Balaban J connectivity index is 1.71. The Hall–Kier alpha value is -0.980. The third kappa shape index (κ3) is 3.19. The monoisotopic (exact) mass is 324 g/mol. The molecule has 6 heteroatoms. The van der Waals surface area contributed by atoms with Gasteiger partial charge in [0.2, 0.25) is 0 Å². The van der Waals surface area contributed by atoms with Crippen molar-refractivity contribution in [3.8, 4) is 0 Å². The van der Waals surface area contributed by atoms with E-state index in [1.54, 1.807) is 11.3 Å². The van der Waals surface area contributed by atoms with E-state index in [2.05, 4.69) is 31.1 Å². The molecule has 2 aliphatic rings. The van der Waals surface area contributed by atoms with Crippen LogP contribution in [-0.2, 0) is 19.7 Å². The normalized spacial score (nSPS) is 30.5. The molecule has 0 radical (unpaired) electrons. The highest BCUT2D eigenvalue weighted by Gasteiger charge is 2.39. The van der Waals surface area contributed by atoms with Crippen LogP contribution in [0.2, 0.25) is 0 Å². The van der Waals surface area contributed by atoms with Gasteiger partial charge in [0.05, 0.1) is 12.3 Å². The highest BCUT2D eigenvalue weighted by molar-refractivity contribution is 7.09. The van der Waals surface area contributed by atoms with E-state index in [1.807, 2.05) is 6.92 Å². The summed E-state index contributed by atoms with van der Waals surface area (Å²) in [6.07, 6.45) is 0.751. The Bertz CT molecular complexity index is 552. The molecule has 2 aliphatic heterocycles. The van der Waals surface area contributed by atoms with Gasteiger partial charge >= 0.3 is 5.97 Å². The van der Waals surface area contributed by atoms with Crippen molar-refractivity contribution in [3.63, 3.8) is 0 Å². The summed E-state index contributed by atoms with van der Waals surface area (Å²) >= 11 is 1.65. The molecule has 3 rings (SSSR count). The van der Waals surface area contributed by atoms with Crippen LogP contribution < -0.4 is 0 Å². The van der Waals surface area contributed by atoms with Crippen LogP contribution in [0.5, 0.6) is 0 Å². The first-order valence-electron chi connectivity index (χ1n) is 7.86. The standard InChI is InChI=1S/C16H24N2O3S/c1-10-7-11(15(19)21-10)18-5-6-20-12(8-18)14-17-13(9-22-14)16(2,3)4/h9-12H,5-8H2,1-4H3/t10-,11-,12+/m1/s1. The predicted molar refractivity (Wildman–Crippen MR) is 85.0 cm³/mol. The van der Waals surface area contributed by atoms with Crippen LogP contribution in [0.3, 0.4) is 0 Å². The van der Waals surface area contributed by atoms with Crippen molar-refractivity contribution in [1.29, 1.82) is 0 Å². The van der Waals surface area contributed by atoms with E-state index in [4.69, 9.17) is 14.5 Å². The maximum Gasteiger partial charge on any atom is 0.323 e. The lowest BCUT2D eigenvalue weighted by Gasteiger charge is -2.34. The molecule has 2 fully saturated rings. The molecule has 5 nitrogen and oxygen atoms in total. The number of ether oxygens (including phenoxy) is 2.